The Morgan fingerprint density at radius 2 is 1.89 bits per heavy atom. The summed E-state index contributed by atoms with van der Waals surface area (Å²) < 4.78 is 4.88. The molecular formula is C12H20N2O5. The molecule has 19 heavy (non-hydrogen) atoms. The van der Waals surface area contributed by atoms with E-state index in [-0.39, 0.29) is 32.1 Å². The summed E-state index contributed by atoms with van der Waals surface area (Å²) in [5, 5.41) is 11.8. The van der Waals surface area contributed by atoms with Crippen molar-refractivity contribution in [1.82, 2.24) is 5.32 Å². The third kappa shape index (κ3) is 4.86. The van der Waals surface area contributed by atoms with Gasteiger partial charge < -0.3 is 20.9 Å². The van der Waals surface area contributed by atoms with E-state index in [9.17, 15) is 19.5 Å². The molecule has 0 radical (unpaired) electrons. The third-order valence-electron chi connectivity index (χ3n) is 3.33. The van der Waals surface area contributed by atoms with E-state index in [0.717, 1.165) is 12.8 Å². The first-order valence-electron chi connectivity index (χ1n) is 6.32. The SMILES string of the molecule is NC(=O)COCCNC(=O)CC1(C(=O)O)CCCC1. The molecule has 0 aromatic rings. The number of aliphatic carboxylic acids is 1. The van der Waals surface area contributed by atoms with Crippen molar-refractivity contribution < 1.29 is 24.2 Å². The highest BCUT2D eigenvalue weighted by Crippen LogP contribution is 2.41. The second-order valence-corrected chi connectivity index (χ2v) is 4.84. The van der Waals surface area contributed by atoms with Gasteiger partial charge in [0.25, 0.3) is 0 Å². The predicted octanol–water partition coefficient (Wildman–Crippen LogP) is -0.360. The maximum atomic E-state index is 11.7. The minimum Gasteiger partial charge on any atom is -0.481 e. The molecule has 0 unspecified atom stereocenters. The van der Waals surface area contributed by atoms with Crippen molar-refractivity contribution in [3.63, 3.8) is 0 Å². The Bertz CT molecular complexity index is 350. The van der Waals surface area contributed by atoms with Gasteiger partial charge in [-0.15, -0.1) is 0 Å². The minimum absolute atomic E-state index is 0.00183. The molecule has 0 heterocycles. The first-order chi connectivity index (χ1) is 8.96. The predicted molar refractivity (Wildman–Crippen MR) is 66.2 cm³/mol. The second-order valence-electron chi connectivity index (χ2n) is 4.84. The topological polar surface area (TPSA) is 119 Å². The summed E-state index contributed by atoms with van der Waals surface area (Å²) in [5.41, 5.74) is 3.97. The van der Waals surface area contributed by atoms with Crippen LogP contribution in [0.4, 0.5) is 0 Å². The van der Waals surface area contributed by atoms with Crippen LogP contribution in [0.25, 0.3) is 0 Å². The average molecular weight is 272 g/mol. The van der Waals surface area contributed by atoms with E-state index in [4.69, 9.17) is 10.5 Å². The zero-order valence-corrected chi connectivity index (χ0v) is 10.8. The van der Waals surface area contributed by atoms with Crippen molar-refractivity contribution in [3.05, 3.63) is 0 Å². The number of carboxylic acids is 1. The zero-order chi connectivity index (χ0) is 14.3. The van der Waals surface area contributed by atoms with E-state index >= 15 is 0 Å². The fourth-order valence-corrected chi connectivity index (χ4v) is 2.32. The quantitative estimate of drug-likeness (QED) is 0.521. The summed E-state index contributed by atoms with van der Waals surface area (Å²) in [6.07, 6.45) is 2.79. The molecule has 0 aromatic carbocycles. The van der Waals surface area contributed by atoms with Crippen molar-refractivity contribution in [3.8, 4) is 0 Å². The number of nitrogens with two attached hydrogens (primary N) is 1. The standard InChI is InChI=1S/C12H20N2O5/c13-9(15)8-19-6-5-14-10(16)7-12(11(17)18)3-1-2-4-12/h1-8H2,(H2,13,15)(H,14,16)(H,17,18). The number of carbonyl (C=O) groups excluding carboxylic acids is 2. The number of ether oxygens (including phenoxy) is 1. The Morgan fingerprint density at radius 1 is 1.26 bits per heavy atom. The molecule has 7 heteroatoms. The smallest absolute Gasteiger partial charge is 0.310 e. The Kier molecular flexibility index (Phi) is 5.75. The molecule has 0 aliphatic heterocycles. The van der Waals surface area contributed by atoms with Gasteiger partial charge in [-0.25, -0.2) is 0 Å². The van der Waals surface area contributed by atoms with Crippen LogP contribution in [0.15, 0.2) is 0 Å². The minimum atomic E-state index is -0.905. The normalized spacial score (nSPS) is 17.1. The van der Waals surface area contributed by atoms with Gasteiger partial charge in [-0.2, -0.15) is 0 Å². The van der Waals surface area contributed by atoms with Crippen LogP contribution < -0.4 is 11.1 Å². The number of nitrogens with one attached hydrogen (secondary N) is 1. The molecule has 108 valence electrons. The molecule has 0 aromatic heterocycles. The highest BCUT2D eigenvalue weighted by molar-refractivity contribution is 5.85. The van der Waals surface area contributed by atoms with Gasteiger partial charge in [0.05, 0.1) is 12.0 Å². The molecule has 2 amide bonds. The van der Waals surface area contributed by atoms with E-state index in [1.54, 1.807) is 0 Å². The molecule has 1 saturated carbocycles. The molecule has 0 spiro atoms. The summed E-state index contributed by atoms with van der Waals surface area (Å²) in [6.45, 7) is 0.228. The second kappa shape index (κ2) is 7.08. The number of carboxylic acid groups (broad SMARTS) is 1. The summed E-state index contributed by atoms with van der Waals surface area (Å²) >= 11 is 0. The number of primary amides is 1. The summed E-state index contributed by atoms with van der Waals surface area (Å²) in [7, 11) is 0. The monoisotopic (exact) mass is 272 g/mol. The van der Waals surface area contributed by atoms with Gasteiger partial charge in [-0.3, -0.25) is 14.4 Å². The number of amides is 2. The fourth-order valence-electron chi connectivity index (χ4n) is 2.32. The van der Waals surface area contributed by atoms with Gasteiger partial charge >= 0.3 is 5.97 Å². The van der Waals surface area contributed by atoms with Crippen LogP contribution in [-0.2, 0) is 19.1 Å². The number of rotatable bonds is 8. The Labute approximate surface area is 111 Å². The maximum absolute atomic E-state index is 11.7. The number of carbonyl (C=O) groups is 3. The summed E-state index contributed by atoms with van der Waals surface area (Å²) in [6, 6.07) is 0. The van der Waals surface area contributed by atoms with Crippen LogP contribution in [0.5, 0.6) is 0 Å². The molecule has 1 aliphatic rings. The molecule has 0 atom stereocenters. The first-order valence-corrected chi connectivity index (χ1v) is 6.32. The Balaban J connectivity index is 2.26. The van der Waals surface area contributed by atoms with Crippen molar-refractivity contribution in [2.75, 3.05) is 19.8 Å². The van der Waals surface area contributed by atoms with Crippen LogP contribution in [0.2, 0.25) is 0 Å². The first kappa shape index (κ1) is 15.4. The van der Waals surface area contributed by atoms with Crippen molar-refractivity contribution in [1.29, 1.82) is 0 Å². The lowest BCUT2D eigenvalue weighted by atomic mass is 9.82. The molecule has 7 nitrogen and oxygen atoms in total. The van der Waals surface area contributed by atoms with Crippen molar-refractivity contribution >= 4 is 17.8 Å². The Morgan fingerprint density at radius 3 is 2.42 bits per heavy atom. The van der Waals surface area contributed by atoms with E-state index in [1.807, 2.05) is 0 Å². The van der Waals surface area contributed by atoms with Gasteiger partial charge in [-0.05, 0) is 12.8 Å². The molecular weight excluding hydrogens is 252 g/mol. The van der Waals surface area contributed by atoms with Crippen molar-refractivity contribution in [2.24, 2.45) is 11.1 Å². The fraction of sp³-hybridized carbons (Fsp3) is 0.750. The molecule has 1 aliphatic carbocycles. The van der Waals surface area contributed by atoms with Crippen LogP contribution >= 0.6 is 0 Å². The maximum Gasteiger partial charge on any atom is 0.310 e. The zero-order valence-electron chi connectivity index (χ0n) is 10.8. The average Bonchev–Trinajstić information content (AvgIpc) is 2.78. The highest BCUT2D eigenvalue weighted by atomic mass is 16.5. The van der Waals surface area contributed by atoms with E-state index in [1.165, 1.54) is 0 Å². The number of hydrogen-bond acceptors (Lipinski definition) is 4. The summed E-state index contributed by atoms with van der Waals surface area (Å²) in [5.74, 6) is -1.76. The van der Waals surface area contributed by atoms with Crippen LogP contribution in [-0.4, -0.2) is 42.6 Å². The molecule has 1 fully saturated rings. The summed E-state index contributed by atoms with van der Waals surface area (Å²) in [4.78, 5) is 33.3. The molecule has 0 bridgehead atoms. The van der Waals surface area contributed by atoms with Gasteiger partial charge in [0.1, 0.15) is 6.61 Å². The number of hydrogen-bond donors (Lipinski definition) is 3. The molecule has 4 N–H and O–H groups in total. The van der Waals surface area contributed by atoms with E-state index in [2.05, 4.69) is 5.32 Å². The van der Waals surface area contributed by atoms with E-state index < -0.39 is 17.3 Å². The van der Waals surface area contributed by atoms with Crippen LogP contribution in [0.1, 0.15) is 32.1 Å². The van der Waals surface area contributed by atoms with Crippen LogP contribution in [0.3, 0.4) is 0 Å². The van der Waals surface area contributed by atoms with Gasteiger partial charge in [-0.1, -0.05) is 12.8 Å². The molecule has 0 saturated heterocycles. The van der Waals surface area contributed by atoms with Crippen LogP contribution in [0, 0.1) is 5.41 Å². The largest absolute Gasteiger partial charge is 0.481 e. The van der Waals surface area contributed by atoms with E-state index in [0.29, 0.717) is 12.8 Å². The lowest BCUT2D eigenvalue weighted by Crippen LogP contribution is -2.37. The third-order valence-corrected chi connectivity index (χ3v) is 3.33. The lowest BCUT2D eigenvalue weighted by Gasteiger charge is -2.22. The van der Waals surface area contributed by atoms with Gasteiger partial charge in [0.2, 0.25) is 11.8 Å². The Hall–Kier alpha value is -1.63. The highest BCUT2D eigenvalue weighted by Gasteiger charge is 2.42. The lowest BCUT2D eigenvalue weighted by molar-refractivity contribution is -0.151. The molecule has 1 rings (SSSR count). The van der Waals surface area contributed by atoms with Gasteiger partial charge in [0, 0.05) is 13.0 Å². The van der Waals surface area contributed by atoms with Crippen molar-refractivity contribution in [2.45, 2.75) is 32.1 Å². The van der Waals surface area contributed by atoms with Gasteiger partial charge in [0.15, 0.2) is 0 Å².